The van der Waals surface area contributed by atoms with Gasteiger partial charge in [0.15, 0.2) is 5.75 Å². The third-order valence-electron chi connectivity index (χ3n) is 7.08. The summed E-state index contributed by atoms with van der Waals surface area (Å²) in [5.41, 5.74) is -1.62. The van der Waals surface area contributed by atoms with Crippen molar-refractivity contribution in [2.45, 2.75) is 56.9 Å². The van der Waals surface area contributed by atoms with Crippen LogP contribution in [-0.2, 0) is 20.9 Å². The number of hydrogen-bond donors (Lipinski definition) is 0. The molecule has 0 aromatic heterocycles. The number of benzene rings is 3. The van der Waals surface area contributed by atoms with Gasteiger partial charge in [-0.3, -0.25) is 0 Å². The van der Waals surface area contributed by atoms with Crippen molar-refractivity contribution in [3.05, 3.63) is 77.4 Å². The predicted octanol–water partition coefficient (Wildman–Crippen LogP) is 5.96. The largest absolute Gasteiger partial charge is 0.545 e. The first-order chi connectivity index (χ1) is 17.0. The van der Waals surface area contributed by atoms with Crippen LogP contribution in [0.25, 0.3) is 22.3 Å². The molecule has 9 heteroatoms. The van der Waals surface area contributed by atoms with E-state index in [1.165, 1.54) is 53.6 Å². The fraction of sp³-hybridized carbons (Fsp3) is 0.321. The van der Waals surface area contributed by atoms with E-state index in [0.717, 1.165) is 18.4 Å². The molecule has 0 fully saturated rings. The fourth-order valence-electron chi connectivity index (χ4n) is 4.73. The minimum atomic E-state index is -5.92. The quantitative estimate of drug-likeness (QED) is 0.300. The number of carboxylic acid groups (broad SMARTS) is 1. The first-order valence-corrected chi connectivity index (χ1v) is 13.0. The maximum atomic E-state index is 13.0. The van der Waals surface area contributed by atoms with Gasteiger partial charge in [-0.05, 0) is 69.2 Å². The maximum Gasteiger partial charge on any atom is 0.534 e. The minimum absolute atomic E-state index is 0.00105. The Labute approximate surface area is 214 Å². The number of alkyl halides is 3. The average Bonchev–Trinajstić information content (AvgIpc) is 2.81. The van der Waals surface area contributed by atoms with Gasteiger partial charge >= 0.3 is 15.6 Å². The molecule has 0 N–H and O–H groups in total. The fourth-order valence-corrected chi connectivity index (χ4v) is 5.20. The number of carbonyl (C=O) groups is 1. The number of hydrogen-bond acceptors (Lipinski definition) is 5. The lowest BCUT2D eigenvalue weighted by Crippen LogP contribution is -2.33. The lowest BCUT2D eigenvalue weighted by molar-refractivity contribution is -0.255. The van der Waals surface area contributed by atoms with Crippen LogP contribution in [0.3, 0.4) is 0 Å². The summed E-state index contributed by atoms with van der Waals surface area (Å²) in [6.07, 6.45) is 2.03. The molecule has 0 bridgehead atoms. The zero-order valence-corrected chi connectivity index (χ0v) is 21.6. The molecule has 196 valence electrons. The molecule has 5 nitrogen and oxygen atoms in total. The van der Waals surface area contributed by atoms with Crippen LogP contribution in [0.5, 0.6) is 5.75 Å². The molecule has 3 aromatic carbocycles. The Kier molecular flexibility index (Phi) is 6.43. The van der Waals surface area contributed by atoms with E-state index in [1.54, 1.807) is 0 Å². The average molecular weight is 532 g/mol. The lowest BCUT2D eigenvalue weighted by atomic mass is 9.63. The van der Waals surface area contributed by atoms with E-state index < -0.39 is 27.3 Å². The Balaban J connectivity index is 1.87. The van der Waals surface area contributed by atoms with Gasteiger partial charge in [0.1, 0.15) is 0 Å². The highest BCUT2D eigenvalue weighted by Gasteiger charge is 2.49. The highest BCUT2D eigenvalue weighted by molar-refractivity contribution is 7.88. The minimum Gasteiger partial charge on any atom is -0.545 e. The molecule has 37 heavy (non-hydrogen) atoms. The number of aromatic carboxylic acids is 1. The normalized spacial score (nSPS) is 16.6. The third-order valence-corrected chi connectivity index (χ3v) is 8.05. The van der Waals surface area contributed by atoms with Crippen molar-refractivity contribution >= 4 is 16.1 Å². The summed E-state index contributed by atoms with van der Waals surface area (Å²) >= 11 is 0. The van der Waals surface area contributed by atoms with Crippen LogP contribution in [0.2, 0.25) is 0 Å². The molecule has 0 heterocycles. The topological polar surface area (TPSA) is 83.5 Å². The van der Waals surface area contributed by atoms with Crippen LogP contribution in [0, 0.1) is 0 Å². The summed E-state index contributed by atoms with van der Waals surface area (Å²) in [7, 11) is -5.92. The molecule has 0 saturated carbocycles. The zero-order chi connectivity index (χ0) is 27.4. The second-order valence-corrected chi connectivity index (χ2v) is 12.1. The van der Waals surface area contributed by atoms with E-state index in [1.807, 2.05) is 6.07 Å². The molecule has 4 rings (SSSR count). The third kappa shape index (κ3) is 5.09. The molecule has 0 spiro atoms. The second-order valence-electron chi connectivity index (χ2n) is 10.6. The lowest BCUT2D eigenvalue weighted by Gasteiger charge is -2.42. The maximum absolute atomic E-state index is 13.0. The molecule has 0 atom stereocenters. The Bertz CT molecular complexity index is 1470. The van der Waals surface area contributed by atoms with E-state index in [9.17, 15) is 31.5 Å². The standard InChI is InChI=1S/C28H27F3O5S/c1-26(2)13-14-27(3,4)23-16-20(9-11-22(23)26)19-10-12-24(36-37(34,35)28(29,30)31)21(15-19)17-5-7-18(8-6-17)25(32)33/h5-12,15-16H,13-14H2,1-4H3,(H,32,33)/p-1. The van der Waals surface area contributed by atoms with Gasteiger partial charge in [0.05, 0.1) is 5.97 Å². The van der Waals surface area contributed by atoms with E-state index >= 15 is 0 Å². The van der Waals surface area contributed by atoms with Gasteiger partial charge in [0, 0.05) is 5.56 Å². The Hall–Kier alpha value is -3.33. The summed E-state index contributed by atoms with van der Waals surface area (Å²) in [5, 5.41) is 11.1. The van der Waals surface area contributed by atoms with Crippen molar-refractivity contribution in [3.63, 3.8) is 0 Å². The molecular weight excluding hydrogens is 505 g/mol. The summed E-state index contributed by atoms with van der Waals surface area (Å²) in [4.78, 5) is 11.1. The molecule has 0 amide bonds. The zero-order valence-electron chi connectivity index (χ0n) is 20.8. The summed E-state index contributed by atoms with van der Waals surface area (Å²) in [5.74, 6) is -1.95. The van der Waals surface area contributed by atoms with Crippen LogP contribution in [-0.4, -0.2) is 19.9 Å². The Morgan fingerprint density at radius 2 is 1.32 bits per heavy atom. The second kappa shape index (κ2) is 8.90. The number of carbonyl (C=O) groups excluding carboxylic acids is 1. The van der Waals surface area contributed by atoms with Crippen LogP contribution < -0.4 is 9.29 Å². The van der Waals surface area contributed by atoms with Crippen molar-refractivity contribution in [1.29, 1.82) is 0 Å². The Morgan fingerprint density at radius 1 is 0.811 bits per heavy atom. The van der Waals surface area contributed by atoms with Crippen molar-refractivity contribution in [2.75, 3.05) is 0 Å². The van der Waals surface area contributed by atoms with Crippen molar-refractivity contribution in [1.82, 2.24) is 0 Å². The number of fused-ring (bicyclic) bond motifs is 1. The van der Waals surface area contributed by atoms with Crippen LogP contribution in [0.4, 0.5) is 13.2 Å². The van der Waals surface area contributed by atoms with Crippen molar-refractivity contribution in [2.24, 2.45) is 0 Å². The molecule has 1 aliphatic carbocycles. The monoisotopic (exact) mass is 531 g/mol. The van der Waals surface area contributed by atoms with E-state index in [4.69, 9.17) is 0 Å². The molecule has 0 radical (unpaired) electrons. The van der Waals surface area contributed by atoms with Gasteiger partial charge in [-0.2, -0.15) is 21.6 Å². The molecule has 1 aliphatic rings. The van der Waals surface area contributed by atoms with Gasteiger partial charge in [-0.1, -0.05) is 76.2 Å². The van der Waals surface area contributed by atoms with Crippen molar-refractivity contribution < 1.29 is 35.7 Å². The molecule has 0 saturated heterocycles. The smallest absolute Gasteiger partial charge is 0.534 e. The number of rotatable bonds is 5. The van der Waals surface area contributed by atoms with Gasteiger partial charge in [-0.15, -0.1) is 0 Å². The highest BCUT2D eigenvalue weighted by Crippen LogP contribution is 2.47. The van der Waals surface area contributed by atoms with Crippen molar-refractivity contribution in [3.8, 4) is 28.0 Å². The molecular formula is C28H26F3O5S-. The highest BCUT2D eigenvalue weighted by atomic mass is 32.2. The van der Waals surface area contributed by atoms with Crippen LogP contribution in [0.1, 0.15) is 62.0 Å². The summed E-state index contributed by atoms with van der Waals surface area (Å²) < 4.78 is 67.2. The van der Waals surface area contributed by atoms with Crippen LogP contribution in [0.15, 0.2) is 60.7 Å². The Morgan fingerprint density at radius 3 is 1.89 bits per heavy atom. The number of halogens is 3. The van der Waals surface area contributed by atoms with Crippen LogP contribution >= 0.6 is 0 Å². The van der Waals surface area contributed by atoms with Gasteiger partial charge in [0.25, 0.3) is 0 Å². The number of carboxylic acids is 1. The first-order valence-electron chi connectivity index (χ1n) is 11.6. The summed E-state index contributed by atoms with van der Waals surface area (Å²) in [6.45, 7) is 8.74. The SMILES string of the molecule is CC1(C)CCC(C)(C)c2cc(-c3ccc(OS(=O)(=O)C(F)(F)F)c(-c4ccc(C(=O)[O-])cc4)c3)ccc21. The molecule has 0 aliphatic heterocycles. The van der Waals surface area contributed by atoms with E-state index in [-0.39, 0.29) is 27.5 Å². The summed E-state index contributed by atoms with van der Waals surface area (Å²) in [6, 6.07) is 15.5. The van der Waals surface area contributed by atoms with Gasteiger partial charge < -0.3 is 14.1 Å². The predicted molar refractivity (Wildman–Crippen MR) is 133 cm³/mol. The molecule has 3 aromatic rings. The van der Waals surface area contributed by atoms with Gasteiger partial charge in [-0.25, -0.2) is 0 Å². The van der Waals surface area contributed by atoms with E-state index in [2.05, 4.69) is 44.0 Å². The van der Waals surface area contributed by atoms with E-state index in [0.29, 0.717) is 5.56 Å². The van der Waals surface area contributed by atoms with Gasteiger partial charge in [0.2, 0.25) is 0 Å². The first kappa shape index (κ1) is 26.7. The molecule has 0 unspecified atom stereocenters.